The molecule has 0 aliphatic heterocycles. The molecule has 30 heavy (non-hydrogen) atoms. The number of halogens is 2. The number of hydrogen-bond donors (Lipinski definition) is 2. The number of aromatic nitrogens is 2. The van der Waals surface area contributed by atoms with Gasteiger partial charge in [-0.3, -0.25) is 14.4 Å². The largest absolute Gasteiger partial charge is 0.324 e. The summed E-state index contributed by atoms with van der Waals surface area (Å²) < 4.78 is 14.3. The second-order valence-corrected chi connectivity index (χ2v) is 6.76. The van der Waals surface area contributed by atoms with E-state index in [0.29, 0.717) is 11.3 Å². The third-order valence-electron chi connectivity index (χ3n) is 4.14. The molecule has 0 aliphatic rings. The van der Waals surface area contributed by atoms with Crippen molar-refractivity contribution in [3.05, 3.63) is 75.8 Å². The minimum atomic E-state index is -0.622. The molecule has 0 spiro atoms. The van der Waals surface area contributed by atoms with Gasteiger partial charge in [0.15, 0.2) is 0 Å². The number of nitrogens with zero attached hydrogens (tertiary/aromatic N) is 2. The smallest absolute Gasteiger partial charge is 0.291 e. The number of amides is 2. The summed E-state index contributed by atoms with van der Waals surface area (Å²) in [6.07, 6.45) is 0.189. The van der Waals surface area contributed by atoms with Crippen LogP contribution in [-0.4, -0.2) is 21.6 Å². The van der Waals surface area contributed by atoms with Crippen molar-refractivity contribution in [3.8, 4) is 11.3 Å². The Balaban J connectivity index is 1.92. The Hall–Kier alpha value is -3.52. The Labute approximate surface area is 176 Å². The molecule has 154 valence electrons. The van der Waals surface area contributed by atoms with E-state index in [-0.39, 0.29) is 28.7 Å². The van der Waals surface area contributed by atoms with Crippen molar-refractivity contribution in [2.75, 3.05) is 10.6 Å². The van der Waals surface area contributed by atoms with Crippen LogP contribution in [0.2, 0.25) is 5.02 Å². The number of hydrogen-bond acceptors (Lipinski definition) is 4. The van der Waals surface area contributed by atoms with E-state index in [1.54, 1.807) is 19.1 Å². The Morgan fingerprint density at radius 2 is 1.80 bits per heavy atom. The van der Waals surface area contributed by atoms with Crippen molar-refractivity contribution in [3.63, 3.8) is 0 Å². The zero-order valence-electron chi connectivity index (χ0n) is 16.0. The second-order valence-electron chi connectivity index (χ2n) is 6.35. The van der Waals surface area contributed by atoms with Gasteiger partial charge in [0, 0.05) is 17.7 Å². The van der Waals surface area contributed by atoms with Crippen molar-refractivity contribution in [2.45, 2.75) is 19.9 Å². The predicted octanol–water partition coefficient (Wildman–Crippen LogP) is 3.69. The molecule has 2 aromatic carbocycles. The van der Waals surface area contributed by atoms with Crippen LogP contribution >= 0.6 is 11.6 Å². The van der Waals surface area contributed by atoms with Gasteiger partial charge in [-0.1, -0.05) is 48.9 Å². The Morgan fingerprint density at radius 1 is 1.07 bits per heavy atom. The molecule has 1 heterocycles. The molecule has 0 bridgehead atoms. The number of carbonyl (C=O) groups is 2. The summed E-state index contributed by atoms with van der Waals surface area (Å²) in [6, 6.07) is 14.2. The first-order valence-corrected chi connectivity index (χ1v) is 9.47. The first kappa shape index (κ1) is 21.2. The zero-order chi connectivity index (χ0) is 21.7. The third kappa shape index (κ3) is 5.09. The minimum Gasteiger partial charge on any atom is -0.324 e. The van der Waals surface area contributed by atoms with Gasteiger partial charge in [-0.2, -0.15) is 5.10 Å². The van der Waals surface area contributed by atoms with Crippen LogP contribution in [0.15, 0.2) is 59.4 Å². The normalized spacial score (nSPS) is 10.5. The van der Waals surface area contributed by atoms with Crippen molar-refractivity contribution in [1.29, 1.82) is 0 Å². The lowest BCUT2D eigenvalue weighted by molar-refractivity contribution is -0.117. The maximum Gasteiger partial charge on any atom is 0.291 e. The average Bonchev–Trinajstić information content (AvgIpc) is 2.74. The molecule has 0 unspecified atom stereocenters. The molecule has 0 fully saturated rings. The summed E-state index contributed by atoms with van der Waals surface area (Å²) in [4.78, 5) is 37.0. The SMILES string of the molecule is CCC(=O)Nc1cc(-c2ccccc2)nn(CC(=O)Nc2ccc(F)c(Cl)c2)c1=O. The molecule has 3 aromatic rings. The van der Waals surface area contributed by atoms with Gasteiger partial charge >= 0.3 is 0 Å². The lowest BCUT2D eigenvalue weighted by Crippen LogP contribution is -2.32. The van der Waals surface area contributed by atoms with Gasteiger partial charge in [0.05, 0.1) is 10.7 Å². The monoisotopic (exact) mass is 428 g/mol. The van der Waals surface area contributed by atoms with Crippen molar-refractivity contribution in [1.82, 2.24) is 9.78 Å². The van der Waals surface area contributed by atoms with E-state index in [2.05, 4.69) is 15.7 Å². The van der Waals surface area contributed by atoms with E-state index < -0.39 is 23.8 Å². The topological polar surface area (TPSA) is 93.1 Å². The molecule has 2 amide bonds. The second kappa shape index (κ2) is 9.32. The lowest BCUT2D eigenvalue weighted by Gasteiger charge is -2.12. The van der Waals surface area contributed by atoms with Crippen LogP contribution in [0.1, 0.15) is 13.3 Å². The molecule has 7 nitrogen and oxygen atoms in total. The molecule has 9 heteroatoms. The number of rotatable bonds is 6. The highest BCUT2D eigenvalue weighted by atomic mass is 35.5. The minimum absolute atomic E-state index is 0.0216. The summed E-state index contributed by atoms with van der Waals surface area (Å²) >= 11 is 5.72. The molecular weight excluding hydrogens is 411 g/mol. The molecule has 0 saturated carbocycles. The summed E-state index contributed by atoms with van der Waals surface area (Å²) in [5.41, 5.74) is 0.804. The first-order chi connectivity index (χ1) is 14.4. The molecule has 2 N–H and O–H groups in total. The predicted molar refractivity (Wildman–Crippen MR) is 113 cm³/mol. The van der Waals surface area contributed by atoms with Gasteiger partial charge in [-0.05, 0) is 24.3 Å². The van der Waals surface area contributed by atoms with Gasteiger partial charge < -0.3 is 10.6 Å². The van der Waals surface area contributed by atoms with Crippen LogP contribution < -0.4 is 16.2 Å². The van der Waals surface area contributed by atoms with Gasteiger partial charge in [-0.15, -0.1) is 0 Å². The van der Waals surface area contributed by atoms with Gasteiger partial charge in [-0.25, -0.2) is 9.07 Å². The van der Waals surface area contributed by atoms with Crippen LogP contribution in [-0.2, 0) is 16.1 Å². The molecular formula is C21H18ClFN4O3. The summed E-state index contributed by atoms with van der Waals surface area (Å²) in [5, 5.41) is 9.20. The van der Waals surface area contributed by atoms with E-state index >= 15 is 0 Å². The molecule has 3 rings (SSSR count). The Kier molecular flexibility index (Phi) is 6.58. The van der Waals surface area contributed by atoms with Crippen LogP contribution in [0, 0.1) is 5.82 Å². The molecule has 0 saturated heterocycles. The highest BCUT2D eigenvalue weighted by molar-refractivity contribution is 6.31. The zero-order valence-corrected chi connectivity index (χ0v) is 16.7. The van der Waals surface area contributed by atoms with Crippen LogP contribution in [0.5, 0.6) is 0 Å². The van der Waals surface area contributed by atoms with Crippen LogP contribution in [0.4, 0.5) is 15.8 Å². The van der Waals surface area contributed by atoms with E-state index in [1.165, 1.54) is 18.2 Å². The summed E-state index contributed by atoms with van der Waals surface area (Å²) in [5.74, 6) is -1.51. The van der Waals surface area contributed by atoms with E-state index in [0.717, 1.165) is 10.7 Å². The van der Waals surface area contributed by atoms with Crippen LogP contribution in [0.25, 0.3) is 11.3 Å². The molecule has 1 aromatic heterocycles. The van der Waals surface area contributed by atoms with Gasteiger partial charge in [0.2, 0.25) is 11.8 Å². The fourth-order valence-corrected chi connectivity index (χ4v) is 2.82. The summed E-state index contributed by atoms with van der Waals surface area (Å²) in [6.45, 7) is 1.25. The molecule has 0 radical (unpaired) electrons. The van der Waals surface area contributed by atoms with E-state index in [9.17, 15) is 18.8 Å². The maximum atomic E-state index is 13.3. The number of anilines is 2. The van der Waals surface area contributed by atoms with E-state index in [4.69, 9.17) is 11.6 Å². The fourth-order valence-electron chi connectivity index (χ4n) is 2.64. The standard InChI is InChI=1S/C21H18ClFN4O3/c1-2-19(28)25-18-11-17(13-6-4-3-5-7-13)26-27(21(18)30)12-20(29)24-14-8-9-16(23)15(22)10-14/h3-11H,2,12H2,1H3,(H,24,29)(H,25,28). The quantitative estimate of drug-likeness (QED) is 0.626. The maximum absolute atomic E-state index is 13.3. The molecule has 0 aliphatic carbocycles. The Bertz CT molecular complexity index is 1150. The van der Waals surface area contributed by atoms with Gasteiger partial charge in [0.1, 0.15) is 18.0 Å². The Morgan fingerprint density at radius 3 is 2.47 bits per heavy atom. The highest BCUT2D eigenvalue weighted by Crippen LogP contribution is 2.20. The number of benzene rings is 2. The highest BCUT2D eigenvalue weighted by Gasteiger charge is 2.15. The van der Waals surface area contributed by atoms with Gasteiger partial charge in [0.25, 0.3) is 5.56 Å². The van der Waals surface area contributed by atoms with Crippen LogP contribution in [0.3, 0.4) is 0 Å². The third-order valence-corrected chi connectivity index (χ3v) is 4.43. The average molecular weight is 429 g/mol. The van der Waals surface area contributed by atoms with Crippen molar-refractivity contribution < 1.29 is 14.0 Å². The number of nitrogens with one attached hydrogen (secondary N) is 2. The fraction of sp³-hybridized carbons (Fsp3) is 0.143. The summed E-state index contributed by atoms with van der Waals surface area (Å²) in [7, 11) is 0. The first-order valence-electron chi connectivity index (χ1n) is 9.09. The van der Waals surface area contributed by atoms with Crippen molar-refractivity contribution in [2.24, 2.45) is 0 Å². The van der Waals surface area contributed by atoms with E-state index in [1.807, 2.05) is 18.2 Å². The number of carbonyl (C=O) groups excluding carboxylic acids is 2. The lowest BCUT2D eigenvalue weighted by atomic mass is 10.1. The van der Waals surface area contributed by atoms with Crippen molar-refractivity contribution >= 4 is 34.8 Å². The molecule has 0 atom stereocenters.